The van der Waals surface area contributed by atoms with Crippen molar-refractivity contribution in [1.82, 2.24) is 0 Å². The minimum atomic E-state index is -0.769. The van der Waals surface area contributed by atoms with Crippen LogP contribution in [0.4, 0.5) is 0 Å². The van der Waals surface area contributed by atoms with Gasteiger partial charge >= 0.3 is 11.9 Å². The number of aliphatic hydroxyl groups is 1. The van der Waals surface area contributed by atoms with Gasteiger partial charge in [0.2, 0.25) is 0 Å². The number of carbonyl (C=O) groups is 2. The summed E-state index contributed by atoms with van der Waals surface area (Å²) in [5.41, 5.74) is 0. The molecular formula is C59H112O5. The van der Waals surface area contributed by atoms with Crippen LogP contribution in [0.1, 0.15) is 322 Å². The molecule has 378 valence electrons. The van der Waals surface area contributed by atoms with Crippen molar-refractivity contribution in [2.45, 2.75) is 328 Å². The van der Waals surface area contributed by atoms with Gasteiger partial charge in [-0.2, -0.15) is 0 Å². The third-order valence-corrected chi connectivity index (χ3v) is 13.2. The Kier molecular flexibility index (Phi) is 54.3. The number of hydrogen-bond donors (Lipinski definition) is 1. The summed E-state index contributed by atoms with van der Waals surface area (Å²) in [5, 5.41) is 9.66. The van der Waals surface area contributed by atoms with Crippen LogP contribution in [0, 0.1) is 0 Å². The Hall–Kier alpha value is -1.62. The van der Waals surface area contributed by atoms with Crippen molar-refractivity contribution in [3.05, 3.63) is 24.3 Å². The molecule has 0 radical (unpaired) electrons. The van der Waals surface area contributed by atoms with E-state index in [2.05, 4.69) is 38.2 Å². The van der Waals surface area contributed by atoms with E-state index in [1.807, 2.05) is 0 Å². The normalized spacial score (nSPS) is 12.2. The Balaban J connectivity index is 3.43. The molecule has 5 nitrogen and oxygen atoms in total. The fourth-order valence-electron chi connectivity index (χ4n) is 8.84. The third kappa shape index (κ3) is 53.0. The highest BCUT2D eigenvalue weighted by atomic mass is 16.6. The summed E-state index contributed by atoms with van der Waals surface area (Å²) in [6, 6.07) is 0. The van der Waals surface area contributed by atoms with Crippen LogP contribution in [0.3, 0.4) is 0 Å². The smallest absolute Gasteiger partial charge is 0.306 e. The maximum absolute atomic E-state index is 12.3. The monoisotopic (exact) mass is 901 g/mol. The van der Waals surface area contributed by atoms with E-state index < -0.39 is 6.10 Å². The molecule has 0 aliphatic carbocycles. The minimum Gasteiger partial charge on any atom is -0.462 e. The maximum atomic E-state index is 12.3. The molecule has 0 aliphatic rings. The van der Waals surface area contributed by atoms with Crippen molar-refractivity contribution in [2.24, 2.45) is 0 Å². The first-order valence-corrected chi connectivity index (χ1v) is 28.9. The number of carbonyl (C=O) groups excluding carboxylic acids is 2. The third-order valence-electron chi connectivity index (χ3n) is 13.2. The van der Waals surface area contributed by atoms with Gasteiger partial charge in [0.25, 0.3) is 0 Å². The summed E-state index contributed by atoms with van der Waals surface area (Å²) in [5.74, 6) is -0.572. The summed E-state index contributed by atoms with van der Waals surface area (Å²) >= 11 is 0. The lowest BCUT2D eigenvalue weighted by atomic mass is 10.0. The maximum Gasteiger partial charge on any atom is 0.306 e. The molecular weight excluding hydrogens is 789 g/mol. The standard InChI is InChI=1S/C59H112O5/c1-3-5-7-9-11-13-15-17-19-21-23-25-27-29-31-33-35-37-39-41-43-45-47-49-51-53-58(61)63-56-57(55-60)64-59(62)54-52-50-48-46-44-42-40-38-36-34-32-30-28-26-24-22-20-18-16-14-12-10-8-6-4-2/h21-24,57,60H,3-20,25-56H2,1-2H3/b23-21-,24-22-. The van der Waals surface area contributed by atoms with Crippen molar-refractivity contribution in [1.29, 1.82) is 0 Å². The largest absolute Gasteiger partial charge is 0.462 e. The molecule has 0 saturated carbocycles. The van der Waals surface area contributed by atoms with Crippen LogP contribution in [-0.4, -0.2) is 36.4 Å². The molecule has 0 heterocycles. The van der Waals surface area contributed by atoms with Crippen molar-refractivity contribution >= 4 is 11.9 Å². The lowest BCUT2D eigenvalue weighted by Gasteiger charge is -2.15. The number of allylic oxidation sites excluding steroid dienone is 4. The highest BCUT2D eigenvalue weighted by Crippen LogP contribution is 2.17. The fourth-order valence-corrected chi connectivity index (χ4v) is 8.84. The molecule has 1 atom stereocenters. The summed E-state index contributed by atoms with van der Waals surface area (Å²) in [7, 11) is 0. The van der Waals surface area contributed by atoms with Gasteiger partial charge in [-0.25, -0.2) is 0 Å². The van der Waals surface area contributed by atoms with Crippen LogP contribution < -0.4 is 0 Å². The number of esters is 2. The molecule has 0 fully saturated rings. The lowest BCUT2D eigenvalue weighted by molar-refractivity contribution is -0.161. The Bertz CT molecular complexity index is 974. The second-order valence-electron chi connectivity index (χ2n) is 19.7. The number of rotatable bonds is 54. The molecule has 0 bridgehead atoms. The highest BCUT2D eigenvalue weighted by molar-refractivity contribution is 5.70. The summed E-state index contributed by atoms with van der Waals surface area (Å²) < 4.78 is 10.7. The molecule has 0 aromatic carbocycles. The molecule has 1 N–H and O–H groups in total. The summed E-state index contributed by atoms with van der Waals surface area (Å²) in [6.07, 6.45) is 70.1. The van der Waals surface area contributed by atoms with Gasteiger partial charge < -0.3 is 14.6 Å². The van der Waals surface area contributed by atoms with Crippen LogP contribution >= 0.6 is 0 Å². The zero-order valence-corrected chi connectivity index (χ0v) is 43.3. The van der Waals surface area contributed by atoms with E-state index in [1.54, 1.807) is 0 Å². The van der Waals surface area contributed by atoms with E-state index in [4.69, 9.17) is 9.47 Å². The number of aliphatic hydroxyl groups excluding tert-OH is 1. The van der Waals surface area contributed by atoms with Gasteiger partial charge in [-0.3, -0.25) is 9.59 Å². The molecule has 1 unspecified atom stereocenters. The number of unbranched alkanes of at least 4 members (excludes halogenated alkanes) is 42. The van der Waals surface area contributed by atoms with Gasteiger partial charge in [0, 0.05) is 12.8 Å². The van der Waals surface area contributed by atoms with Crippen molar-refractivity contribution < 1.29 is 24.2 Å². The Morgan fingerprint density at radius 2 is 0.578 bits per heavy atom. The molecule has 0 aromatic rings. The van der Waals surface area contributed by atoms with E-state index in [0.29, 0.717) is 12.8 Å². The van der Waals surface area contributed by atoms with Crippen molar-refractivity contribution in [3.63, 3.8) is 0 Å². The first kappa shape index (κ1) is 62.4. The van der Waals surface area contributed by atoms with E-state index in [1.165, 1.54) is 257 Å². The van der Waals surface area contributed by atoms with Gasteiger partial charge in [0.05, 0.1) is 6.61 Å². The zero-order chi connectivity index (χ0) is 46.3. The molecule has 0 saturated heterocycles. The van der Waals surface area contributed by atoms with E-state index in [9.17, 15) is 14.7 Å². The van der Waals surface area contributed by atoms with Crippen LogP contribution in [-0.2, 0) is 19.1 Å². The first-order chi connectivity index (χ1) is 31.6. The van der Waals surface area contributed by atoms with E-state index in [0.717, 1.165) is 38.5 Å². The minimum absolute atomic E-state index is 0.0606. The molecule has 0 rings (SSSR count). The average molecular weight is 902 g/mol. The van der Waals surface area contributed by atoms with Crippen LogP contribution in [0.2, 0.25) is 0 Å². The Morgan fingerprint density at radius 3 is 0.844 bits per heavy atom. The average Bonchev–Trinajstić information content (AvgIpc) is 3.30. The van der Waals surface area contributed by atoms with Gasteiger partial charge in [-0.05, 0) is 64.2 Å². The number of ether oxygens (including phenoxy) is 2. The number of hydrogen-bond acceptors (Lipinski definition) is 5. The second-order valence-corrected chi connectivity index (χ2v) is 19.7. The van der Waals surface area contributed by atoms with Gasteiger partial charge in [0.15, 0.2) is 6.10 Å². The predicted molar refractivity (Wildman–Crippen MR) is 279 cm³/mol. The molecule has 0 amide bonds. The highest BCUT2D eigenvalue weighted by Gasteiger charge is 2.16. The Morgan fingerprint density at radius 1 is 0.344 bits per heavy atom. The zero-order valence-electron chi connectivity index (χ0n) is 43.3. The summed E-state index contributed by atoms with van der Waals surface area (Å²) in [4.78, 5) is 24.5. The first-order valence-electron chi connectivity index (χ1n) is 28.9. The van der Waals surface area contributed by atoms with E-state index >= 15 is 0 Å². The molecule has 5 heteroatoms. The predicted octanol–water partition coefficient (Wildman–Crippen LogP) is 19.3. The van der Waals surface area contributed by atoms with Crippen LogP contribution in [0.25, 0.3) is 0 Å². The van der Waals surface area contributed by atoms with Crippen LogP contribution in [0.15, 0.2) is 24.3 Å². The quantitative estimate of drug-likeness (QED) is 0.0374. The van der Waals surface area contributed by atoms with Gasteiger partial charge in [-0.1, -0.05) is 269 Å². The second kappa shape index (κ2) is 55.7. The van der Waals surface area contributed by atoms with Gasteiger partial charge in [-0.15, -0.1) is 0 Å². The topological polar surface area (TPSA) is 72.8 Å². The molecule has 0 aromatic heterocycles. The van der Waals surface area contributed by atoms with Crippen molar-refractivity contribution in [2.75, 3.05) is 13.2 Å². The SMILES string of the molecule is CCCCCCCCCC/C=C\CCCCCCCCCCCCCCCC(=O)OCC(CO)OC(=O)CCCCCCCCCCCCCCC/C=C\CCCCCCCCCC. The lowest BCUT2D eigenvalue weighted by Crippen LogP contribution is -2.28. The van der Waals surface area contributed by atoms with E-state index in [-0.39, 0.29) is 25.2 Å². The van der Waals surface area contributed by atoms with Crippen molar-refractivity contribution in [3.8, 4) is 0 Å². The van der Waals surface area contributed by atoms with Gasteiger partial charge in [0.1, 0.15) is 6.61 Å². The molecule has 0 spiro atoms. The molecule has 0 aliphatic heterocycles. The summed E-state index contributed by atoms with van der Waals surface area (Å²) in [6.45, 7) is 4.19. The fraction of sp³-hybridized carbons (Fsp3) is 0.898. The van der Waals surface area contributed by atoms with Crippen LogP contribution in [0.5, 0.6) is 0 Å². The Labute approximate surface area is 400 Å². The molecule has 64 heavy (non-hydrogen) atoms.